The highest BCUT2D eigenvalue weighted by Gasteiger charge is 2.31. The van der Waals surface area contributed by atoms with E-state index in [1.54, 1.807) is 12.1 Å². The topological polar surface area (TPSA) is 55.4 Å². The molecule has 4 nitrogen and oxygen atoms in total. The van der Waals surface area contributed by atoms with Gasteiger partial charge < -0.3 is 4.74 Å². The first-order valence-corrected chi connectivity index (χ1v) is 9.40. The molecule has 142 valence electrons. The number of benzene rings is 2. The van der Waals surface area contributed by atoms with E-state index in [1.807, 2.05) is 6.92 Å². The van der Waals surface area contributed by atoms with E-state index in [1.165, 1.54) is 24.3 Å². The van der Waals surface area contributed by atoms with Crippen LogP contribution in [0.3, 0.4) is 0 Å². The van der Waals surface area contributed by atoms with Crippen molar-refractivity contribution in [3.8, 4) is 5.75 Å². The number of rotatable bonds is 6. The van der Waals surface area contributed by atoms with E-state index in [0.29, 0.717) is 0 Å². The maximum atomic E-state index is 12.5. The molecule has 0 aliphatic carbocycles. The number of ether oxygens (including phenoxy) is 1. The molecule has 0 aromatic heterocycles. The molecule has 2 aromatic rings. The highest BCUT2D eigenvalue weighted by molar-refractivity contribution is 7.92. The number of alkyl halides is 3. The van der Waals surface area contributed by atoms with Crippen LogP contribution < -0.4 is 9.46 Å². The van der Waals surface area contributed by atoms with Crippen molar-refractivity contribution in [3.63, 3.8) is 0 Å². The first-order chi connectivity index (χ1) is 11.9. The summed E-state index contributed by atoms with van der Waals surface area (Å²) >= 11 is 0. The van der Waals surface area contributed by atoms with Gasteiger partial charge in [-0.05, 0) is 41.7 Å². The van der Waals surface area contributed by atoms with E-state index in [0.717, 1.165) is 24.1 Å². The normalized spacial score (nSPS) is 12.7. The van der Waals surface area contributed by atoms with Gasteiger partial charge in [0.2, 0.25) is 0 Å². The number of halogens is 3. The van der Waals surface area contributed by atoms with E-state index in [-0.39, 0.29) is 16.0 Å². The Balaban J connectivity index is 2.22. The molecule has 0 unspecified atom stereocenters. The summed E-state index contributed by atoms with van der Waals surface area (Å²) in [6.45, 7) is 6.16. The Morgan fingerprint density at radius 3 is 2.19 bits per heavy atom. The molecule has 0 spiro atoms. The van der Waals surface area contributed by atoms with Crippen molar-refractivity contribution in [1.29, 1.82) is 0 Å². The van der Waals surface area contributed by atoms with Crippen LogP contribution in [0.4, 0.5) is 18.9 Å². The van der Waals surface area contributed by atoms with Gasteiger partial charge in [0.15, 0.2) is 0 Å². The van der Waals surface area contributed by atoms with E-state index >= 15 is 0 Å². The molecule has 8 heteroatoms. The lowest BCUT2D eigenvalue weighted by Gasteiger charge is -2.23. The van der Waals surface area contributed by atoms with Gasteiger partial charge in [0.1, 0.15) is 5.75 Å². The van der Waals surface area contributed by atoms with Crippen LogP contribution in [0.1, 0.15) is 32.8 Å². The summed E-state index contributed by atoms with van der Waals surface area (Å²) in [6, 6.07) is 11.1. The zero-order valence-corrected chi connectivity index (χ0v) is 15.4. The number of anilines is 1. The van der Waals surface area contributed by atoms with Gasteiger partial charge in [-0.2, -0.15) is 0 Å². The molecule has 1 N–H and O–H groups in total. The number of hydrogen-bond acceptors (Lipinski definition) is 3. The second kappa shape index (κ2) is 7.19. The SMILES string of the molecule is CCC(C)(C)c1ccc(S(=O)(=O)Nc2cccc(OC(F)(F)F)c2)cc1. The minimum absolute atomic E-state index is 0.0234. The molecule has 0 bridgehead atoms. The smallest absolute Gasteiger partial charge is 0.406 e. The van der Waals surface area contributed by atoms with Crippen LogP contribution in [0, 0.1) is 0 Å². The van der Waals surface area contributed by atoms with E-state index < -0.39 is 22.1 Å². The van der Waals surface area contributed by atoms with Gasteiger partial charge in [0, 0.05) is 6.07 Å². The molecule has 0 fully saturated rings. The second-order valence-electron chi connectivity index (χ2n) is 6.44. The lowest BCUT2D eigenvalue weighted by molar-refractivity contribution is -0.274. The van der Waals surface area contributed by atoms with Crippen LogP contribution >= 0.6 is 0 Å². The molecule has 2 rings (SSSR count). The van der Waals surface area contributed by atoms with Crippen molar-refractivity contribution in [1.82, 2.24) is 0 Å². The predicted octanol–water partition coefficient (Wildman–Crippen LogP) is 5.07. The summed E-state index contributed by atoms with van der Waals surface area (Å²) in [5, 5.41) is 0. The fourth-order valence-electron chi connectivity index (χ4n) is 2.26. The zero-order chi connectivity index (χ0) is 19.6. The molecular formula is C18H20F3NO3S. The van der Waals surface area contributed by atoms with E-state index in [4.69, 9.17) is 0 Å². The number of hydrogen-bond donors (Lipinski definition) is 1. The summed E-state index contributed by atoms with van der Waals surface area (Å²) in [5.41, 5.74) is 0.892. The van der Waals surface area contributed by atoms with Crippen molar-refractivity contribution >= 4 is 15.7 Å². The third-order valence-corrected chi connectivity index (χ3v) is 5.55. The van der Waals surface area contributed by atoms with Crippen LogP contribution in [-0.4, -0.2) is 14.8 Å². The van der Waals surface area contributed by atoms with Crippen molar-refractivity contribution < 1.29 is 26.3 Å². The minimum atomic E-state index is -4.85. The van der Waals surface area contributed by atoms with Gasteiger partial charge in [-0.1, -0.05) is 39.0 Å². The Morgan fingerprint density at radius 2 is 1.65 bits per heavy atom. The van der Waals surface area contributed by atoms with Gasteiger partial charge >= 0.3 is 6.36 Å². The van der Waals surface area contributed by atoms with Crippen LogP contribution in [0.2, 0.25) is 0 Å². The Labute approximate surface area is 151 Å². The monoisotopic (exact) mass is 387 g/mol. The molecule has 2 aromatic carbocycles. The molecule has 0 aliphatic heterocycles. The zero-order valence-electron chi connectivity index (χ0n) is 14.6. The lowest BCUT2D eigenvalue weighted by atomic mass is 9.82. The molecule has 26 heavy (non-hydrogen) atoms. The third-order valence-electron chi connectivity index (χ3n) is 4.15. The quantitative estimate of drug-likeness (QED) is 0.753. The van der Waals surface area contributed by atoms with Crippen LogP contribution in [-0.2, 0) is 15.4 Å². The molecule has 0 aliphatic rings. The molecule has 0 radical (unpaired) electrons. The Kier molecular flexibility index (Phi) is 5.55. The molecular weight excluding hydrogens is 367 g/mol. The number of sulfonamides is 1. The summed E-state index contributed by atoms with van der Waals surface area (Å²) in [6.07, 6.45) is -3.96. The molecule has 0 atom stereocenters. The van der Waals surface area contributed by atoms with Crippen LogP contribution in [0.5, 0.6) is 5.75 Å². The second-order valence-corrected chi connectivity index (χ2v) is 8.13. The van der Waals surface area contributed by atoms with Gasteiger partial charge in [-0.3, -0.25) is 4.72 Å². The van der Waals surface area contributed by atoms with Crippen molar-refractivity contribution in [2.75, 3.05) is 4.72 Å². The summed E-state index contributed by atoms with van der Waals surface area (Å²) in [5.74, 6) is -0.502. The first kappa shape index (κ1) is 20.1. The van der Waals surface area contributed by atoms with Crippen LogP contribution in [0.25, 0.3) is 0 Å². The molecule has 0 heterocycles. The molecule has 0 saturated carbocycles. The van der Waals surface area contributed by atoms with E-state index in [2.05, 4.69) is 23.3 Å². The largest absolute Gasteiger partial charge is 0.573 e. The van der Waals surface area contributed by atoms with Gasteiger partial charge in [0.05, 0.1) is 10.6 Å². The molecule has 0 saturated heterocycles. The fourth-order valence-corrected chi connectivity index (χ4v) is 3.31. The average Bonchev–Trinajstić information content (AvgIpc) is 2.53. The summed E-state index contributed by atoms with van der Waals surface area (Å²) in [4.78, 5) is 0.0234. The summed E-state index contributed by atoms with van der Waals surface area (Å²) < 4.78 is 67.8. The van der Waals surface area contributed by atoms with E-state index in [9.17, 15) is 21.6 Å². The van der Waals surface area contributed by atoms with Gasteiger partial charge in [-0.25, -0.2) is 8.42 Å². The number of nitrogens with one attached hydrogen (secondary N) is 1. The maximum Gasteiger partial charge on any atom is 0.573 e. The highest BCUT2D eigenvalue weighted by atomic mass is 32.2. The van der Waals surface area contributed by atoms with Crippen molar-refractivity contribution in [3.05, 3.63) is 54.1 Å². The van der Waals surface area contributed by atoms with Gasteiger partial charge in [0.25, 0.3) is 10.0 Å². The first-order valence-electron chi connectivity index (χ1n) is 7.92. The lowest BCUT2D eigenvalue weighted by Crippen LogP contribution is -2.18. The predicted molar refractivity (Wildman–Crippen MR) is 93.7 cm³/mol. The average molecular weight is 387 g/mol. The Hall–Kier alpha value is -2.22. The van der Waals surface area contributed by atoms with Crippen molar-refractivity contribution in [2.45, 2.75) is 43.9 Å². The Bertz CT molecular complexity index is 860. The maximum absolute atomic E-state index is 12.5. The van der Waals surface area contributed by atoms with Crippen LogP contribution in [0.15, 0.2) is 53.4 Å². The third kappa shape index (κ3) is 5.14. The Morgan fingerprint density at radius 1 is 1.04 bits per heavy atom. The standard InChI is InChI=1S/C18H20F3NO3S/c1-4-17(2,3)13-8-10-16(11-9-13)26(23,24)22-14-6-5-7-15(12-14)25-18(19,20)21/h5-12,22H,4H2,1-3H3. The summed E-state index contributed by atoms with van der Waals surface area (Å²) in [7, 11) is -3.93. The van der Waals surface area contributed by atoms with Gasteiger partial charge in [-0.15, -0.1) is 13.2 Å². The molecule has 0 amide bonds. The fraction of sp³-hybridized carbons (Fsp3) is 0.333. The highest BCUT2D eigenvalue weighted by Crippen LogP contribution is 2.29. The minimum Gasteiger partial charge on any atom is -0.406 e. The van der Waals surface area contributed by atoms with Crippen molar-refractivity contribution in [2.24, 2.45) is 0 Å².